The summed E-state index contributed by atoms with van der Waals surface area (Å²) in [5.41, 5.74) is 3.43. The van der Waals surface area contributed by atoms with Crippen molar-refractivity contribution < 1.29 is 14.7 Å². The number of aromatic nitrogens is 1. The normalized spacial score (nSPS) is 13.2. The number of piperidine rings is 1. The second-order valence-corrected chi connectivity index (χ2v) is 7.37. The fourth-order valence-electron chi connectivity index (χ4n) is 3.72. The first-order chi connectivity index (χ1) is 14.6. The number of hydrogen-bond donors (Lipinski definition) is 2. The van der Waals surface area contributed by atoms with Crippen molar-refractivity contribution in [1.29, 1.82) is 0 Å². The molecule has 0 bridgehead atoms. The van der Waals surface area contributed by atoms with Gasteiger partial charge in [0.25, 0.3) is 5.91 Å². The van der Waals surface area contributed by atoms with Crippen molar-refractivity contribution in [3.8, 4) is 11.1 Å². The van der Waals surface area contributed by atoms with Gasteiger partial charge in [0.15, 0.2) is 0 Å². The summed E-state index contributed by atoms with van der Waals surface area (Å²) in [5, 5.41) is 12.3. The van der Waals surface area contributed by atoms with Crippen LogP contribution in [0.1, 0.15) is 40.0 Å². The van der Waals surface area contributed by atoms with Crippen LogP contribution in [0.4, 0.5) is 11.4 Å². The molecule has 1 aromatic heterocycles. The zero-order chi connectivity index (χ0) is 20.9. The van der Waals surface area contributed by atoms with Crippen LogP contribution in [0, 0.1) is 0 Å². The molecule has 1 fully saturated rings. The predicted octanol–water partition coefficient (Wildman–Crippen LogP) is 4.04. The minimum absolute atomic E-state index is 0. The molecule has 0 atom stereocenters. The van der Waals surface area contributed by atoms with E-state index in [9.17, 15) is 14.7 Å². The third-order valence-electron chi connectivity index (χ3n) is 5.31. The van der Waals surface area contributed by atoms with Gasteiger partial charge in [-0.2, -0.15) is 0 Å². The molecule has 2 heterocycles. The number of nitrogens with one attached hydrogen (secondary N) is 1. The van der Waals surface area contributed by atoms with Crippen molar-refractivity contribution in [3.05, 3.63) is 78.1 Å². The van der Waals surface area contributed by atoms with Crippen LogP contribution in [-0.4, -0.2) is 64.6 Å². The number of amides is 1. The van der Waals surface area contributed by atoms with Crippen LogP contribution in [0.2, 0.25) is 0 Å². The van der Waals surface area contributed by atoms with Crippen molar-refractivity contribution in [2.75, 3.05) is 23.3 Å². The SMILES string of the molecule is O=C(Nc1cc(N2CCCCC2)ccc1C(=O)O)c1cncc(-c2ccccc2)c1.[NaH]. The monoisotopic (exact) mass is 425 g/mol. The zero-order valence-corrected chi connectivity index (χ0v) is 16.5. The topological polar surface area (TPSA) is 82.5 Å². The first kappa shape index (κ1) is 23.0. The molecule has 2 N–H and O–H groups in total. The molecule has 0 spiro atoms. The van der Waals surface area contributed by atoms with E-state index in [0.29, 0.717) is 11.3 Å². The summed E-state index contributed by atoms with van der Waals surface area (Å²) in [6.07, 6.45) is 6.61. The summed E-state index contributed by atoms with van der Waals surface area (Å²) in [5.74, 6) is -1.47. The van der Waals surface area contributed by atoms with Crippen LogP contribution in [0.3, 0.4) is 0 Å². The van der Waals surface area contributed by atoms with Gasteiger partial charge in [-0.3, -0.25) is 9.78 Å². The van der Waals surface area contributed by atoms with E-state index in [4.69, 9.17) is 0 Å². The number of nitrogens with zero attached hydrogens (tertiary/aromatic N) is 2. The fourth-order valence-corrected chi connectivity index (χ4v) is 3.72. The predicted molar refractivity (Wildman–Crippen MR) is 124 cm³/mol. The Bertz CT molecular complexity index is 1070. The van der Waals surface area contributed by atoms with Crippen LogP contribution in [-0.2, 0) is 0 Å². The van der Waals surface area contributed by atoms with Crippen molar-refractivity contribution in [1.82, 2.24) is 4.98 Å². The molecule has 31 heavy (non-hydrogen) atoms. The molecule has 1 saturated heterocycles. The Morgan fingerprint density at radius 2 is 1.65 bits per heavy atom. The van der Waals surface area contributed by atoms with Gasteiger partial charge in [-0.15, -0.1) is 0 Å². The van der Waals surface area contributed by atoms with E-state index < -0.39 is 11.9 Å². The Morgan fingerprint density at radius 1 is 0.903 bits per heavy atom. The van der Waals surface area contributed by atoms with Crippen LogP contribution in [0.25, 0.3) is 11.1 Å². The summed E-state index contributed by atoms with van der Waals surface area (Å²) in [4.78, 5) is 31.0. The van der Waals surface area contributed by atoms with Gasteiger partial charge in [0.1, 0.15) is 0 Å². The number of carboxylic acids is 1. The average Bonchev–Trinajstić information content (AvgIpc) is 2.80. The molecule has 1 amide bonds. The number of benzene rings is 2. The fraction of sp³-hybridized carbons (Fsp3) is 0.208. The quantitative estimate of drug-likeness (QED) is 0.603. The van der Waals surface area contributed by atoms with Gasteiger partial charge in [0.05, 0.1) is 16.8 Å². The molecule has 0 aliphatic carbocycles. The Morgan fingerprint density at radius 3 is 2.35 bits per heavy atom. The maximum atomic E-state index is 12.9. The Hall–Kier alpha value is -2.67. The molecule has 1 aliphatic rings. The van der Waals surface area contributed by atoms with Crippen molar-refractivity contribution in [3.63, 3.8) is 0 Å². The Kier molecular flexibility index (Phi) is 7.85. The van der Waals surface area contributed by atoms with Crippen LogP contribution < -0.4 is 10.2 Å². The summed E-state index contributed by atoms with van der Waals surface area (Å²) in [7, 11) is 0. The summed E-state index contributed by atoms with van der Waals surface area (Å²) < 4.78 is 0. The zero-order valence-electron chi connectivity index (χ0n) is 16.5. The molecular weight excluding hydrogens is 401 g/mol. The van der Waals surface area contributed by atoms with E-state index >= 15 is 0 Å². The second kappa shape index (κ2) is 10.6. The molecular formula is C24H24N3NaO3. The van der Waals surface area contributed by atoms with Crippen LogP contribution >= 0.6 is 0 Å². The standard InChI is InChI=1S/C24H23N3O3.Na.H/c28-23(19-13-18(15-25-16-19)17-7-3-1-4-8-17)26-22-14-20(9-10-21(22)24(29)30)27-11-5-2-6-12-27;;/h1,3-4,7-10,13-16H,2,5-6,11-12H2,(H,26,28)(H,29,30);;. The molecule has 0 saturated carbocycles. The molecule has 0 unspecified atom stereocenters. The number of carbonyl (C=O) groups is 2. The minimum atomic E-state index is -1.08. The number of rotatable bonds is 5. The average molecular weight is 425 g/mol. The van der Waals surface area contributed by atoms with E-state index in [1.54, 1.807) is 24.4 Å². The molecule has 3 aromatic rings. The van der Waals surface area contributed by atoms with E-state index in [1.165, 1.54) is 12.6 Å². The molecule has 154 valence electrons. The van der Waals surface area contributed by atoms with Gasteiger partial charge in [-0.1, -0.05) is 30.3 Å². The number of carboxylic acid groups (broad SMARTS) is 1. The number of pyridine rings is 1. The van der Waals surface area contributed by atoms with Crippen molar-refractivity contribution >= 4 is 52.8 Å². The summed E-state index contributed by atoms with van der Waals surface area (Å²) in [6, 6.07) is 16.5. The van der Waals surface area contributed by atoms with E-state index in [1.807, 2.05) is 36.4 Å². The molecule has 1 aliphatic heterocycles. The van der Waals surface area contributed by atoms with Gasteiger partial charge < -0.3 is 15.3 Å². The van der Waals surface area contributed by atoms with Crippen LogP contribution in [0.15, 0.2) is 67.0 Å². The summed E-state index contributed by atoms with van der Waals surface area (Å²) in [6.45, 7) is 1.87. The number of aromatic carboxylic acids is 1. The first-order valence-electron chi connectivity index (χ1n) is 10.1. The molecule has 0 radical (unpaired) electrons. The van der Waals surface area contributed by atoms with Crippen molar-refractivity contribution in [2.45, 2.75) is 19.3 Å². The molecule has 6 nitrogen and oxygen atoms in total. The van der Waals surface area contributed by atoms with Crippen LogP contribution in [0.5, 0.6) is 0 Å². The van der Waals surface area contributed by atoms with Gasteiger partial charge in [-0.25, -0.2) is 4.79 Å². The number of carbonyl (C=O) groups excluding carboxylic acids is 1. The first-order valence-corrected chi connectivity index (χ1v) is 10.1. The van der Waals surface area contributed by atoms with E-state index in [-0.39, 0.29) is 35.1 Å². The number of hydrogen-bond acceptors (Lipinski definition) is 4. The van der Waals surface area contributed by atoms with E-state index in [0.717, 1.165) is 42.7 Å². The third kappa shape index (κ3) is 5.53. The third-order valence-corrected chi connectivity index (χ3v) is 5.31. The molecule has 2 aromatic carbocycles. The second-order valence-electron chi connectivity index (χ2n) is 7.37. The molecule has 7 heteroatoms. The van der Waals surface area contributed by atoms with Gasteiger partial charge in [0, 0.05) is 36.7 Å². The maximum absolute atomic E-state index is 12.9. The Balaban J connectivity index is 0.00000272. The van der Waals surface area contributed by atoms with E-state index in [2.05, 4.69) is 15.2 Å². The van der Waals surface area contributed by atoms with Gasteiger partial charge in [0.2, 0.25) is 0 Å². The van der Waals surface area contributed by atoms with Gasteiger partial charge >= 0.3 is 35.5 Å². The number of anilines is 2. The summed E-state index contributed by atoms with van der Waals surface area (Å²) >= 11 is 0. The van der Waals surface area contributed by atoms with Gasteiger partial charge in [-0.05, 0) is 49.1 Å². The van der Waals surface area contributed by atoms with Crippen molar-refractivity contribution in [2.24, 2.45) is 0 Å². The Labute approximate surface area is 203 Å². The molecule has 4 rings (SSSR count).